The van der Waals surface area contributed by atoms with Gasteiger partial charge in [-0.05, 0) is 63.1 Å². The summed E-state index contributed by atoms with van der Waals surface area (Å²) >= 11 is 1.54. The van der Waals surface area contributed by atoms with Crippen LogP contribution < -0.4 is 9.64 Å². The average molecular weight is 492 g/mol. The van der Waals surface area contributed by atoms with Crippen LogP contribution in [-0.2, 0) is 16.0 Å². The lowest BCUT2D eigenvalue weighted by atomic mass is 9.89. The van der Waals surface area contributed by atoms with E-state index in [0.717, 1.165) is 55.1 Å². The number of ether oxygens (including phenoxy) is 2. The van der Waals surface area contributed by atoms with E-state index in [1.807, 2.05) is 77.2 Å². The molecule has 1 N–H and O–H groups in total. The first-order valence-corrected chi connectivity index (χ1v) is 12.4. The molecule has 35 heavy (non-hydrogen) atoms. The van der Waals surface area contributed by atoms with Gasteiger partial charge in [0.15, 0.2) is 11.2 Å². The highest BCUT2D eigenvalue weighted by molar-refractivity contribution is 7.22. The molecule has 0 radical (unpaired) electrons. The summed E-state index contributed by atoms with van der Waals surface area (Å²) in [7, 11) is 3.91. The number of carboxylic acids is 1. The second kappa shape index (κ2) is 8.46. The minimum absolute atomic E-state index is 0.632. The number of aryl methyl sites for hydroxylation is 1. The van der Waals surface area contributed by atoms with E-state index < -0.39 is 17.7 Å². The van der Waals surface area contributed by atoms with Gasteiger partial charge in [0.2, 0.25) is 0 Å². The Morgan fingerprint density at radius 2 is 2.03 bits per heavy atom. The van der Waals surface area contributed by atoms with Crippen LogP contribution in [0.1, 0.15) is 43.6 Å². The highest BCUT2D eigenvalue weighted by Gasteiger charge is 2.33. The molecule has 2 aromatic carbocycles. The van der Waals surface area contributed by atoms with Gasteiger partial charge >= 0.3 is 5.97 Å². The summed E-state index contributed by atoms with van der Waals surface area (Å²) in [6.45, 7) is 8.17. The van der Waals surface area contributed by atoms with Gasteiger partial charge in [-0.3, -0.25) is 4.98 Å². The number of rotatable bonds is 5. The Kier molecular flexibility index (Phi) is 5.68. The molecule has 3 heterocycles. The monoisotopic (exact) mass is 491 g/mol. The number of carbonyl (C=O) groups is 1. The number of carboxylic acid groups (broad SMARTS) is 1. The number of benzene rings is 2. The molecule has 7 nitrogen and oxygen atoms in total. The Morgan fingerprint density at radius 1 is 1.26 bits per heavy atom. The van der Waals surface area contributed by atoms with Crippen molar-refractivity contribution in [1.82, 2.24) is 9.97 Å². The Labute approximate surface area is 208 Å². The minimum atomic E-state index is -1.15. The Bertz CT molecular complexity index is 1460. The van der Waals surface area contributed by atoms with Crippen LogP contribution in [0.15, 0.2) is 30.5 Å². The highest BCUT2D eigenvalue weighted by atomic mass is 32.1. The number of aliphatic carboxylic acids is 1. The topological polar surface area (TPSA) is 84.8 Å². The number of nitrogens with zero attached hydrogens (tertiary/aromatic N) is 3. The molecule has 0 unspecified atom stereocenters. The molecule has 1 aliphatic rings. The fourth-order valence-corrected chi connectivity index (χ4v) is 5.73. The van der Waals surface area contributed by atoms with E-state index in [9.17, 15) is 9.90 Å². The van der Waals surface area contributed by atoms with Crippen molar-refractivity contribution >= 4 is 43.6 Å². The van der Waals surface area contributed by atoms with E-state index in [1.165, 1.54) is 5.56 Å². The van der Waals surface area contributed by atoms with Crippen molar-refractivity contribution in [1.29, 1.82) is 0 Å². The normalized spacial score (nSPS) is 14.2. The van der Waals surface area contributed by atoms with Crippen molar-refractivity contribution < 1.29 is 19.4 Å². The van der Waals surface area contributed by atoms with Gasteiger partial charge in [0.25, 0.3) is 0 Å². The van der Waals surface area contributed by atoms with Crippen molar-refractivity contribution in [2.45, 2.75) is 45.8 Å². The molecule has 4 aromatic rings. The lowest BCUT2D eigenvalue weighted by molar-refractivity contribution is -0.160. The van der Waals surface area contributed by atoms with Crippen LogP contribution in [0.25, 0.3) is 32.2 Å². The second-order valence-electron chi connectivity index (χ2n) is 10.1. The highest BCUT2D eigenvalue weighted by Crippen LogP contribution is 2.47. The molecule has 0 bridgehead atoms. The van der Waals surface area contributed by atoms with Gasteiger partial charge in [0.05, 0.1) is 27.9 Å². The maximum absolute atomic E-state index is 12.6. The summed E-state index contributed by atoms with van der Waals surface area (Å²) in [6, 6.07) is 7.95. The van der Waals surface area contributed by atoms with E-state index in [1.54, 1.807) is 11.3 Å². The molecule has 1 atom stereocenters. The second-order valence-corrected chi connectivity index (χ2v) is 11.1. The van der Waals surface area contributed by atoms with Gasteiger partial charge in [-0.15, -0.1) is 0 Å². The number of aromatic nitrogens is 2. The predicted octanol–water partition coefficient (Wildman–Crippen LogP) is 5.76. The maximum atomic E-state index is 12.6. The lowest BCUT2D eigenvalue weighted by Gasteiger charge is -2.28. The molecule has 5 rings (SSSR count). The largest absolute Gasteiger partial charge is 0.493 e. The Balaban J connectivity index is 1.91. The van der Waals surface area contributed by atoms with E-state index in [2.05, 4.69) is 0 Å². The van der Waals surface area contributed by atoms with Crippen LogP contribution in [0, 0.1) is 6.92 Å². The standard InChI is InChI=1S/C27H29N3O4S/c1-14-13-17-24(35-26(29-17)30(5)6)21(19(14)23(25(31)32)34-27(2,3)4)16-7-8-18-20-15(10-12-33-18)9-11-28-22(16)20/h7-9,11,13,23H,10,12H2,1-6H3,(H,31,32)/t23-/m0/s1. The molecule has 182 valence electrons. The van der Waals surface area contributed by atoms with Gasteiger partial charge in [-0.25, -0.2) is 9.78 Å². The third-order valence-corrected chi connectivity index (χ3v) is 7.35. The SMILES string of the molecule is Cc1cc2nc(N(C)C)sc2c(-c2ccc3c4c(ccnc24)CCO3)c1[C@H](OC(C)(C)C)C(=O)O. The fraction of sp³-hybridized carbons (Fsp3) is 0.370. The quantitative estimate of drug-likeness (QED) is 0.380. The molecule has 0 saturated heterocycles. The van der Waals surface area contributed by atoms with Crippen LogP contribution in [0.2, 0.25) is 0 Å². The summed E-state index contributed by atoms with van der Waals surface area (Å²) in [4.78, 5) is 24.2. The molecule has 1 aliphatic heterocycles. The van der Waals surface area contributed by atoms with Crippen LogP contribution in [0.5, 0.6) is 5.75 Å². The van der Waals surface area contributed by atoms with Crippen molar-refractivity contribution in [3.05, 3.63) is 47.2 Å². The zero-order valence-corrected chi connectivity index (χ0v) is 21.6. The number of hydrogen-bond donors (Lipinski definition) is 1. The van der Waals surface area contributed by atoms with Crippen molar-refractivity contribution in [3.63, 3.8) is 0 Å². The molecular weight excluding hydrogens is 462 g/mol. The van der Waals surface area contributed by atoms with Crippen molar-refractivity contribution in [3.8, 4) is 16.9 Å². The van der Waals surface area contributed by atoms with Crippen LogP contribution >= 0.6 is 11.3 Å². The summed E-state index contributed by atoms with van der Waals surface area (Å²) in [5, 5.41) is 12.2. The van der Waals surface area contributed by atoms with Crippen LogP contribution in [-0.4, -0.2) is 47.3 Å². The van der Waals surface area contributed by atoms with Crippen LogP contribution in [0.3, 0.4) is 0 Å². The smallest absolute Gasteiger partial charge is 0.337 e. The zero-order chi connectivity index (χ0) is 25.1. The van der Waals surface area contributed by atoms with Gasteiger partial charge in [0, 0.05) is 48.8 Å². The van der Waals surface area contributed by atoms with Gasteiger partial charge in [0.1, 0.15) is 5.75 Å². The third-order valence-electron chi connectivity index (χ3n) is 6.10. The number of pyridine rings is 1. The van der Waals surface area contributed by atoms with E-state index >= 15 is 0 Å². The van der Waals surface area contributed by atoms with Crippen LogP contribution in [0.4, 0.5) is 5.13 Å². The summed E-state index contributed by atoms with van der Waals surface area (Å²) in [5.74, 6) is -0.220. The minimum Gasteiger partial charge on any atom is -0.493 e. The molecule has 0 amide bonds. The van der Waals surface area contributed by atoms with Crippen molar-refractivity contribution in [2.24, 2.45) is 0 Å². The van der Waals surface area contributed by atoms with Gasteiger partial charge in [-0.1, -0.05) is 11.3 Å². The third kappa shape index (κ3) is 4.10. The number of fused-ring (bicyclic) bond motifs is 1. The fourth-order valence-electron chi connectivity index (χ4n) is 4.69. The van der Waals surface area contributed by atoms with E-state index in [4.69, 9.17) is 19.4 Å². The molecule has 8 heteroatoms. The summed E-state index contributed by atoms with van der Waals surface area (Å²) in [5.41, 5.74) is 5.27. The lowest BCUT2D eigenvalue weighted by Crippen LogP contribution is -2.28. The Morgan fingerprint density at radius 3 is 2.71 bits per heavy atom. The Hall–Kier alpha value is -3.23. The molecule has 0 aliphatic carbocycles. The van der Waals surface area contributed by atoms with Gasteiger partial charge < -0.3 is 19.5 Å². The predicted molar refractivity (Wildman–Crippen MR) is 140 cm³/mol. The molecule has 0 fully saturated rings. The van der Waals surface area contributed by atoms with E-state index in [-0.39, 0.29) is 0 Å². The zero-order valence-electron chi connectivity index (χ0n) is 20.8. The molecule has 2 aromatic heterocycles. The molecular formula is C27H29N3O4S. The number of hydrogen-bond acceptors (Lipinski definition) is 7. The van der Waals surface area contributed by atoms with E-state index in [0.29, 0.717) is 12.2 Å². The average Bonchev–Trinajstić information content (AvgIpc) is 3.21. The molecule has 0 saturated carbocycles. The van der Waals surface area contributed by atoms with Gasteiger partial charge in [-0.2, -0.15) is 0 Å². The summed E-state index contributed by atoms with van der Waals surface area (Å²) < 4.78 is 13.0. The molecule has 0 spiro atoms. The first-order valence-electron chi connectivity index (χ1n) is 11.6. The maximum Gasteiger partial charge on any atom is 0.337 e. The first-order chi connectivity index (χ1) is 16.5. The number of thiazole rings is 1. The summed E-state index contributed by atoms with van der Waals surface area (Å²) in [6.07, 6.45) is 1.48. The number of anilines is 1. The first kappa shape index (κ1) is 23.5. The van der Waals surface area contributed by atoms with Crippen molar-refractivity contribution in [2.75, 3.05) is 25.6 Å².